The van der Waals surface area contributed by atoms with Crippen molar-refractivity contribution in [1.82, 2.24) is 5.32 Å². The SMILES string of the molecule is O=C(NCCC#Cc1ccc2oc(C(=O)O)cc2c1)OCc1ccccc1. The fourth-order valence-corrected chi connectivity index (χ4v) is 2.39. The van der Waals surface area contributed by atoms with Crippen molar-refractivity contribution >= 4 is 23.0 Å². The van der Waals surface area contributed by atoms with Gasteiger partial charge >= 0.3 is 12.1 Å². The molecular weight excluding hydrogens is 346 g/mol. The van der Waals surface area contributed by atoms with Crippen LogP contribution in [0.25, 0.3) is 11.0 Å². The third-order valence-corrected chi connectivity index (χ3v) is 3.69. The molecule has 0 unspecified atom stereocenters. The molecular formula is C21H17NO5. The summed E-state index contributed by atoms with van der Waals surface area (Å²) in [5.74, 6) is 4.72. The van der Waals surface area contributed by atoms with E-state index in [1.165, 1.54) is 6.07 Å². The van der Waals surface area contributed by atoms with Gasteiger partial charge in [0.15, 0.2) is 0 Å². The van der Waals surface area contributed by atoms with Crippen LogP contribution in [-0.2, 0) is 11.3 Å². The number of rotatable bonds is 5. The lowest BCUT2D eigenvalue weighted by atomic mass is 10.1. The standard InChI is InChI=1S/C21H17NO5/c23-20(24)19-13-17-12-15(9-10-18(17)27-19)6-4-5-11-22-21(25)26-14-16-7-2-1-3-8-16/h1-3,7-10,12-13H,5,11,14H2,(H,22,25)(H,23,24). The summed E-state index contributed by atoms with van der Waals surface area (Å²) in [7, 11) is 0. The summed E-state index contributed by atoms with van der Waals surface area (Å²) in [6.45, 7) is 0.596. The predicted octanol–water partition coefficient (Wildman–Crippen LogP) is 3.80. The van der Waals surface area contributed by atoms with Gasteiger partial charge < -0.3 is 19.6 Å². The fourth-order valence-electron chi connectivity index (χ4n) is 2.39. The van der Waals surface area contributed by atoms with Gasteiger partial charge in [0.25, 0.3) is 0 Å². The number of amides is 1. The molecule has 0 radical (unpaired) electrons. The van der Waals surface area contributed by atoms with Crippen molar-refractivity contribution in [2.45, 2.75) is 13.0 Å². The normalized spacial score (nSPS) is 10.1. The van der Waals surface area contributed by atoms with E-state index in [2.05, 4.69) is 17.2 Å². The largest absolute Gasteiger partial charge is 0.475 e. The molecule has 27 heavy (non-hydrogen) atoms. The molecule has 0 aliphatic heterocycles. The van der Waals surface area contributed by atoms with Gasteiger partial charge in [-0.05, 0) is 29.8 Å². The number of furan rings is 1. The zero-order valence-electron chi connectivity index (χ0n) is 14.4. The van der Waals surface area contributed by atoms with Crippen LogP contribution in [0.5, 0.6) is 0 Å². The number of carbonyl (C=O) groups is 2. The van der Waals surface area contributed by atoms with Crippen LogP contribution in [0.15, 0.2) is 59.0 Å². The minimum Gasteiger partial charge on any atom is -0.475 e. The van der Waals surface area contributed by atoms with Crippen LogP contribution in [0.1, 0.15) is 28.1 Å². The van der Waals surface area contributed by atoms with Gasteiger partial charge in [-0.15, -0.1) is 0 Å². The summed E-state index contributed by atoms with van der Waals surface area (Å²) in [6, 6.07) is 16.1. The molecule has 1 aromatic heterocycles. The quantitative estimate of drug-likeness (QED) is 0.532. The molecule has 0 spiro atoms. The number of carboxylic acids is 1. The van der Waals surface area contributed by atoms with Gasteiger partial charge in [-0.1, -0.05) is 42.2 Å². The number of carbonyl (C=O) groups excluding carboxylic acids is 1. The van der Waals surface area contributed by atoms with Crippen molar-refractivity contribution in [3.63, 3.8) is 0 Å². The average molecular weight is 363 g/mol. The van der Waals surface area contributed by atoms with Gasteiger partial charge in [0.2, 0.25) is 5.76 Å². The Morgan fingerprint density at radius 3 is 2.70 bits per heavy atom. The summed E-state index contributed by atoms with van der Waals surface area (Å²) in [4.78, 5) is 22.5. The first-order valence-electron chi connectivity index (χ1n) is 8.32. The van der Waals surface area contributed by atoms with Crippen molar-refractivity contribution in [3.8, 4) is 11.8 Å². The van der Waals surface area contributed by atoms with E-state index < -0.39 is 12.1 Å². The number of aromatic carboxylic acids is 1. The molecule has 3 aromatic rings. The van der Waals surface area contributed by atoms with Gasteiger partial charge in [0, 0.05) is 23.9 Å². The van der Waals surface area contributed by atoms with Crippen LogP contribution in [0, 0.1) is 11.8 Å². The average Bonchev–Trinajstić information content (AvgIpc) is 3.11. The van der Waals surface area contributed by atoms with E-state index in [0.717, 1.165) is 11.1 Å². The fraction of sp³-hybridized carbons (Fsp3) is 0.143. The van der Waals surface area contributed by atoms with Crippen molar-refractivity contribution in [2.75, 3.05) is 6.54 Å². The number of benzene rings is 2. The number of hydrogen-bond acceptors (Lipinski definition) is 4. The lowest BCUT2D eigenvalue weighted by Gasteiger charge is -2.05. The van der Waals surface area contributed by atoms with Crippen LogP contribution < -0.4 is 5.32 Å². The Bertz CT molecular complexity index is 1010. The van der Waals surface area contributed by atoms with Crippen LogP contribution in [0.2, 0.25) is 0 Å². The van der Waals surface area contributed by atoms with E-state index in [0.29, 0.717) is 23.9 Å². The van der Waals surface area contributed by atoms with E-state index in [1.807, 2.05) is 30.3 Å². The smallest absolute Gasteiger partial charge is 0.407 e. The van der Waals surface area contributed by atoms with Crippen molar-refractivity contribution in [2.24, 2.45) is 0 Å². The molecule has 0 fully saturated rings. The highest BCUT2D eigenvalue weighted by atomic mass is 16.5. The Labute approximate surface area is 155 Å². The Kier molecular flexibility index (Phi) is 5.75. The van der Waals surface area contributed by atoms with Crippen molar-refractivity contribution < 1.29 is 23.8 Å². The lowest BCUT2D eigenvalue weighted by molar-refractivity contribution is 0.0665. The van der Waals surface area contributed by atoms with Crippen LogP contribution in [0.4, 0.5) is 4.79 Å². The maximum atomic E-state index is 11.6. The second-order valence-electron chi connectivity index (χ2n) is 5.71. The Balaban J connectivity index is 1.45. The Morgan fingerprint density at radius 1 is 1.11 bits per heavy atom. The summed E-state index contributed by atoms with van der Waals surface area (Å²) in [5.41, 5.74) is 2.17. The molecule has 6 nitrogen and oxygen atoms in total. The highest BCUT2D eigenvalue weighted by Gasteiger charge is 2.10. The highest BCUT2D eigenvalue weighted by Crippen LogP contribution is 2.20. The first kappa shape index (κ1) is 18.1. The van der Waals surface area contributed by atoms with Crippen molar-refractivity contribution in [1.29, 1.82) is 0 Å². The Morgan fingerprint density at radius 2 is 1.93 bits per heavy atom. The topological polar surface area (TPSA) is 88.8 Å². The predicted molar refractivity (Wildman–Crippen MR) is 99.3 cm³/mol. The van der Waals surface area contributed by atoms with Gasteiger partial charge in [-0.3, -0.25) is 0 Å². The van der Waals surface area contributed by atoms with E-state index in [9.17, 15) is 9.59 Å². The van der Waals surface area contributed by atoms with Crippen LogP contribution in [-0.4, -0.2) is 23.7 Å². The second-order valence-corrected chi connectivity index (χ2v) is 5.71. The maximum absolute atomic E-state index is 11.6. The molecule has 2 aromatic carbocycles. The molecule has 0 aliphatic carbocycles. The molecule has 3 rings (SSSR count). The number of alkyl carbamates (subject to hydrolysis) is 1. The number of carboxylic acid groups (broad SMARTS) is 1. The van der Waals surface area contributed by atoms with Gasteiger partial charge in [0.05, 0.1) is 0 Å². The lowest BCUT2D eigenvalue weighted by Crippen LogP contribution is -2.24. The maximum Gasteiger partial charge on any atom is 0.407 e. The third kappa shape index (κ3) is 5.13. The molecule has 136 valence electrons. The number of ether oxygens (including phenoxy) is 1. The van der Waals surface area contributed by atoms with E-state index in [1.54, 1.807) is 18.2 Å². The molecule has 6 heteroatoms. The summed E-state index contributed by atoms with van der Waals surface area (Å²) < 4.78 is 10.3. The minimum absolute atomic E-state index is 0.103. The second kappa shape index (κ2) is 8.59. The number of fused-ring (bicyclic) bond motifs is 1. The molecule has 2 N–H and O–H groups in total. The number of nitrogens with one attached hydrogen (secondary N) is 1. The molecule has 1 heterocycles. The Hall–Kier alpha value is -3.72. The third-order valence-electron chi connectivity index (χ3n) is 3.69. The van der Waals surface area contributed by atoms with Crippen LogP contribution in [0.3, 0.4) is 0 Å². The summed E-state index contributed by atoms with van der Waals surface area (Å²) in [5, 5.41) is 12.3. The summed E-state index contributed by atoms with van der Waals surface area (Å²) >= 11 is 0. The zero-order valence-corrected chi connectivity index (χ0v) is 14.4. The molecule has 1 amide bonds. The molecule has 0 saturated carbocycles. The van der Waals surface area contributed by atoms with Gasteiger partial charge in [-0.25, -0.2) is 9.59 Å². The highest BCUT2D eigenvalue weighted by molar-refractivity contribution is 5.91. The zero-order chi connectivity index (χ0) is 19.1. The van der Waals surface area contributed by atoms with E-state index in [-0.39, 0.29) is 12.4 Å². The van der Waals surface area contributed by atoms with Crippen LogP contribution >= 0.6 is 0 Å². The first-order chi connectivity index (χ1) is 13.1. The molecule has 0 bridgehead atoms. The molecule has 0 aliphatic rings. The van der Waals surface area contributed by atoms with E-state index >= 15 is 0 Å². The number of hydrogen-bond donors (Lipinski definition) is 2. The van der Waals surface area contributed by atoms with Gasteiger partial charge in [-0.2, -0.15) is 0 Å². The van der Waals surface area contributed by atoms with Gasteiger partial charge in [0.1, 0.15) is 12.2 Å². The minimum atomic E-state index is -1.11. The first-order valence-corrected chi connectivity index (χ1v) is 8.32. The molecule has 0 atom stereocenters. The van der Waals surface area contributed by atoms with Crippen molar-refractivity contribution in [3.05, 3.63) is 71.5 Å². The summed E-state index contributed by atoms with van der Waals surface area (Å²) in [6.07, 6.45) is -0.0220. The van der Waals surface area contributed by atoms with E-state index in [4.69, 9.17) is 14.3 Å². The molecule has 0 saturated heterocycles. The monoisotopic (exact) mass is 363 g/mol.